The number of benzene rings is 1. The van der Waals surface area contributed by atoms with Gasteiger partial charge in [-0.15, -0.1) is 0 Å². The van der Waals surface area contributed by atoms with Crippen molar-refractivity contribution in [3.63, 3.8) is 0 Å². The van der Waals surface area contributed by atoms with Crippen LogP contribution in [0.1, 0.15) is 24.2 Å². The summed E-state index contributed by atoms with van der Waals surface area (Å²) in [5, 5.41) is 20.8. The van der Waals surface area contributed by atoms with E-state index in [0.29, 0.717) is 0 Å². The summed E-state index contributed by atoms with van der Waals surface area (Å²) in [7, 11) is 0. The van der Waals surface area contributed by atoms with Gasteiger partial charge in [-0.1, -0.05) is 23.2 Å². The Kier molecular flexibility index (Phi) is 6.26. The first kappa shape index (κ1) is 17.6. The number of amides is 2. The zero-order valence-electron chi connectivity index (χ0n) is 11.6. The predicted octanol–water partition coefficient (Wildman–Crippen LogP) is 2.93. The third-order valence-electron chi connectivity index (χ3n) is 2.74. The summed E-state index contributed by atoms with van der Waals surface area (Å²) in [5.41, 5.74) is -0.226. The van der Waals surface area contributed by atoms with E-state index >= 15 is 0 Å². The minimum atomic E-state index is -1.26. The van der Waals surface area contributed by atoms with Gasteiger partial charge < -0.3 is 20.4 Å². The summed E-state index contributed by atoms with van der Waals surface area (Å²) < 4.78 is 0. The van der Waals surface area contributed by atoms with Crippen molar-refractivity contribution in [1.82, 2.24) is 4.90 Å². The second-order valence-electron chi connectivity index (χ2n) is 4.56. The Labute approximate surface area is 132 Å². The predicted molar refractivity (Wildman–Crippen MR) is 81.4 cm³/mol. The number of halogens is 2. The van der Waals surface area contributed by atoms with Crippen molar-refractivity contribution in [3.05, 3.63) is 27.7 Å². The molecular weight excluding hydrogens is 319 g/mol. The number of carboxylic acids is 1. The molecular formula is C13H16Cl2N2O4. The van der Waals surface area contributed by atoms with Crippen LogP contribution in [0.5, 0.6) is 0 Å². The second-order valence-corrected chi connectivity index (χ2v) is 5.40. The summed E-state index contributed by atoms with van der Waals surface area (Å²) in [4.78, 5) is 24.7. The van der Waals surface area contributed by atoms with Gasteiger partial charge in [0, 0.05) is 17.6 Å². The Hall–Kier alpha value is -1.50. The molecule has 1 aromatic rings. The van der Waals surface area contributed by atoms with Gasteiger partial charge in [0.25, 0.3) is 0 Å². The van der Waals surface area contributed by atoms with Gasteiger partial charge in [0.1, 0.15) is 0 Å². The maximum absolute atomic E-state index is 12.2. The van der Waals surface area contributed by atoms with Gasteiger partial charge in [-0.3, -0.25) is 0 Å². The van der Waals surface area contributed by atoms with Crippen LogP contribution in [0.25, 0.3) is 0 Å². The van der Waals surface area contributed by atoms with Crippen LogP contribution >= 0.6 is 23.2 Å². The highest BCUT2D eigenvalue weighted by Crippen LogP contribution is 2.30. The smallest absolute Gasteiger partial charge is 0.337 e. The molecule has 21 heavy (non-hydrogen) atoms. The first-order valence-electron chi connectivity index (χ1n) is 6.18. The van der Waals surface area contributed by atoms with Crippen LogP contribution in [-0.2, 0) is 0 Å². The lowest BCUT2D eigenvalue weighted by molar-refractivity contribution is 0.0698. The number of urea groups is 1. The molecule has 0 aliphatic carbocycles. The van der Waals surface area contributed by atoms with Crippen LogP contribution < -0.4 is 5.32 Å². The molecule has 0 saturated carbocycles. The van der Waals surface area contributed by atoms with Crippen molar-refractivity contribution in [2.75, 3.05) is 18.5 Å². The fourth-order valence-corrected chi connectivity index (χ4v) is 2.29. The number of anilines is 1. The number of aliphatic hydroxyl groups excluding tert-OH is 1. The van der Waals surface area contributed by atoms with E-state index in [4.69, 9.17) is 33.4 Å². The molecule has 116 valence electrons. The molecule has 0 aliphatic heterocycles. The first-order chi connectivity index (χ1) is 9.77. The molecule has 0 fully saturated rings. The van der Waals surface area contributed by atoms with Crippen molar-refractivity contribution < 1.29 is 19.8 Å². The summed E-state index contributed by atoms with van der Waals surface area (Å²) in [5.74, 6) is -1.26. The highest BCUT2D eigenvalue weighted by Gasteiger charge is 2.21. The van der Waals surface area contributed by atoms with Crippen molar-refractivity contribution in [3.8, 4) is 0 Å². The van der Waals surface area contributed by atoms with Crippen LogP contribution in [0.4, 0.5) is 10.5 Å². The third-order valence-corrected chi connectivity index (χ3v) is 3.26. The molecule has 2 amide bonds. The lowest BCUT2D eigenvalue weighted by Gasteiger charge is -2.26. The summed E-state index contributed by atoms with van der Waals surface area (Å²) in [6.07, 6.45) is 0. The molecule has 0 aliphatic rings. The van der Waals surface area contributed by atoms with Crippen molar-refractivity contribution in [1.29, 1.82) is 0 Å². The Balaban J connectivity index is 3.12. The maximum atomic E-state index is 12.2. The van der Waals surface area contributed by atoms with Gasteiger partial charge in [-0.05, 0) is 26.0 Å². The number of aromatic carboxylic acids is 1. The number of aliphatic hydroxyl groups is 1. The van der Waals surface area contributed by atoms with Gasteiger partial charge in [-0.25, -0.2) is 9.59 Å². The molecule has 1 aromatic carbocycles. The first-order valence-corrected chi connectivity index (χ1v) is 6.94. The molecule has 3 N–H and O–H groups in total. The van der Waals surface area contributed by atoms with Crippen molar-refractivity contribution >= 4 is 40.9 Å². The van der Waals surface area contributed by atoms with Gasteiger partial charge >= 0.3 is 12.0 Å². The van der Waals surface area contributed by atoms with Crippen LogP contribution in [0.15, 0.2) is 12.1 Å². The minimum absolute atomic E-state index is 0.0258. The molecule has 0 aromatic heterocycles. The Morgan fingerprint density at radius 1 is 1.33 bits per heavy atom. The Bertz CT molecular complexity index is 549. The number of carbonyl (C=O) groups is 2. The third kappa shape index (κ3) is 4.49. The molecule has 0 spiro atoms. The topological polar surface area (TPSA) is 89.9 Å². The Morgan fingerprint density at radius 2 is 1.95 bits per heavy atom. The molecule has 0 atom stereocenters. The highest BCUT2D eigenvalue weighted by molar-refractivity contribution is 6.37. The van der Waals surface area contributed by atoms with Crippen LogP contribution in [0.2, 0.25) is 10.0 Å². The molecule has 0 radical (unpaired) electrons. The van der Waals surface area contributed by atoms with Crippen molar-refractivity contribution in [2.24, 2.45) is 0 Å². The quantitative estimate of drug-likeness (QED) is 0.772. The van der Waals surface area contributed by atoms with E-state index in [1.54, 1.807) is 13.8 Å². The van der Waals surface area contributed by atoms with E-state index in [-0.39, 0.29) is 40.5 Å². The molecule has 0 bridgehead atoms. The normalized spacial score (nSPS) is 10.6. The number of carbonyl (C=O) groups excluding carboxylic acids is 1. The molecule has 6 nitrogen and oxygen atoms in total. The SMILES string of the molecule is CC(C)N(CCO)C(=O)Nc1c(Cl)cc(Cl)cc1C(=O)O. The molecule has 0 saturated heterocycles. The fourth-order valence-electron chi connectivity index (χ4n) is 1.75. The van der Waals surface area contributed by atoms with Gasteiger partial charge in [0.2, 0.25) is 0 Å². The summed E-state index contributed by atoms with van der Waals surface area (Å²) in [6.45, 7) is 3.47. The zero-order valence-corrected chi connectivity index (χ0v) is 13.1. The monoisotopic (exact) mass is 334 g/mol. The summed E-state index contributed by atoms with van der Waals surface area (Å²) in [6, 6.07) is 1.83. The second kappa shape index (κ2) is 7.49. The average Bonchev–Trinajstić information content (AvgIpc) is 2.37. The number of hydrogen-bond acceptors (Lipinski definition) is 3. The minimum Gasteiger partial charge on any atom is -0.478 e. The number of nitrogens with zero attached hydrogens (tertiary/aromatic N) is 1. The molecule has 8 heteroatoms. The standard InChI is InChI=1S/C13H16Cl2N2O4/c1-7(2)17(3-4-18)13(21)16-11-9(12(19)20)5-8(14)6-10(11)15/h5-7,18H,3-4H2,1-2H3,(H,16,21)(H,19,20). The van der Waals surface area contributed by atoms with Gasteiger partial charge in [-0.2, -0.15) is 0 Å². The highest BCUT2D eigenvalue weighted by atomic mass is 35.5. The largest absolute Gasteiger partial charge is 0.478 e. The molecule has 0 heterocycles. The number of rotatable bonds is 5. The lowest BCUT2D eigenvalue weighted by atomic mass is 10.1. The van der Waals surface area contributed by atoms with E-state index in [1.165, 1.54) is 17.0 Å². The number of hydrogen-bond donors (Lipinski definition) is 3. The average molecular weight is 335 g/mol. The number of nitrogens with one attached hydrogen (secondary N) is 1. The zero-order chi connectivity index (χ0) is 16.2. The van der Waals surface area contributed by atoms with E-state index in [9.17, 15) is 9.59 Å². The molecule has 1 rings (SSSR count). The van der Waals surface area contributed by atoms with Gasteiger partial charge in [0.15, 0.2) is 0 Å². The number of carboxylic acid groups (broad SMARTS) is 1. The van der Waals surface area contributed by atoms with Gasteiger partial charge in [0.05, 0.1) is 22.9 Å². The van der Waals surface area contributed by atoms with Crippen LogP contribution in [0, 0.1) is 0 Å². The van der Waals surface area contributed by atoms with Crippen LogP contribution in [-0.4, -0.2) is 46.3 Å². The lowest BCUT2D eigenvalue weighted by Crippen LogP contribution is -2.42. The Morgan fingerprint density at radius 3 is 2.43 bits per heavy atom. The molecule has 0 unspecified atom stereocenters. The summed E-state index contributed by atoms with van der Waals surface area (Å²) >= 11 is 11.7. The van der Waals surface area contributed by atoms with Crippen LogP contribution in [0.3, 0.4) is 0 Å². The van der Waals surface area contributed by atoms with E-state index in [0.717, 1.165) is 0 Å². The fraction of sp³-hybridized carbons (Fsp3) is 0.385. The van der Waals surface area contributed by atoms with E-state index in [2.05, 4.69) is 5.32 Å². The van der Waals surface area contributed by atoms with Crippen molar-refractivity contribution in [2.45, 2.75) is 19.9 Å². The maximum Gasteiger partial charge on any atom is 0.337 e. The van der Waals surface area contributed by atoms with E-state index in [1.807, 2.05) is 0 Å². The van der Waals surface area contributed by atoms with E-state index < -0.39 is 12.0 Å².